The summed E-state index contributed by atoms with van der Waals surface area (Å²) in [6.07, 6.45) is 3.92. The molecule has 1 aliphatic carbocycles. The Labute approximate surface area is 99.6 Å². The summed E-state index contributed by atoms with van der Waals surface area (Å²) in [4.78, 5) is 1.29. The standard InChI is InChI=1S/C12H14ClNS/c13-10-3-1-2-9-11(14-8-4-5-8)6-7-15-12(9)10/h1-3,8,11,14H,4-7H2. The maximum absolute atomic E-state index is 6.21. The minimum atomic E-state index is 0.535. The molecule has 0 radical (unpaired) electrons. The second-order valence-corrected chi connectivity index (χ2v) is 5.80. The Kier molecular flexibility index (Phi) is 2.67. The van der Waals surface area contributed by atoms with E-state index < -0.39 is 0 Å². The van der Waals surface area contributed by atoms with Crippen molar-refractivity contribution in [2.45, 2.75) is 36.2 Å². The first-order chi connectivity index (χ1) is 7.34. The highest BCUT2D eigenvalue weighted by atomic mass is 35.5. The lowest BCUT2D eigenvalue weighted by Crippen LogP contribution is -2.26. The molecule has 0 aromatic heterocycles. The molecule has 1 N–H and O–H groups in total. The number of rotatable bonds is 2. The van der Waals surface area contributed by atoms with Crippen LogP contribution in [0.2, 0.25) is 5.02 Å². The van der Waals surface area contributed by atoms with Crippen molar-refractivity contribution in [1.82, 2.24) is 5.32 Å². The van der Waals surface area contributed by atoms with Crippen molar-refractivity contribution >= 4 is 23.4 Å². The zero-order chi connectivity index (χ0) is 10.3. The van der Waals surface area contributed by atoms with Crippen molar-refractivity contribution in [3.8, 4) is 0 Å². The third-order valence-electron chi connectivity index (χ3n) is 3.04. The summed E-state index contributed by atoms with van der Waals surface area (Å²) in [6, 6.07) is 7.58. The summed E-state index contributed by atoms with van der Waals surface area (Å²) < 4.78 is 0. The predicted octanol–water partition coefficient (Wildman–Crippen LogP) is 3.63. The van der Waals surface area contributed by atoms with Gasteiger partial charge in [0.15, 0.2) is 0 Å². The third kappa shape index (κ3) is 2.03. The highest BCUT2D eigenvalue weighted by Crippen LogP contribution is 2.41. The van der Waals surface area contributed by atoms with Gasteiger partial charge >= 0.3 is 0 Å². The van der Waals surface area contributed by atoms with E-state index in [0.29, 0.717) is 6.04 Å². The van der Waals surface area contributed by atoms with E-state index in [2.05, 4.69) is 17.4 Å². The first-order valence-corrected chi connectivity index (χ1v) is 6.88. The fraction of sp³-hybridized carbons (Fsp3) is 0.500. The molecule has 1 nitrogen and oxygen atoms in total. The van der Waals surface area contributed by atoms with E-state index >= 15 is 0 Å². The highest BCUT2D eigenvalue weighted by molar-refractivity contribution is 7.99. The minimum absolute atomic E-state index is 0.535. The molecular formula is C12H14ClNS. The van der Waals surface area contributed by atoms with Crippen LogP contribution in [0, 0.1) is 0 Å². The van der Waals surface area contributed by atoms with Crippen molar-refractivity contribution in [1.29, 1.82) is 0 Å². The van der Waals surface area contributed by atoms with E-state index in [4.69, 9.17) is 11.6 Å². The van der Waals surface area contributed by atoms with Gasteiger partial charge in [-0.25, -0.2) is 0 Å². The molecule has 15 heavy (non-hydrogen) atoms. The number of halogens is 1. The summed E-state index contributed by atoms with van der Waals surface area (Å²) in [5, 5.41) is 4.62. The molecule has 1 atom stereocenters. The van der Waals surface area contributed by atoms with Gasteiger partial charge in [0.1, 0.15) is 0 Å². The summed E-state index contributed by atoms with van der Waals surface area (Å²) in [7, 11) is 0. The summed E-state index contributed by atoms with van der Waals surface area (Å²) in [5.41, 5.74) is 1.41. The number of benzene rings is 1. The third-order valence-corrected chi connectivity index (χ3v) is 4.65. The number of fused-ring (bicyclic) bond motifs is 1. The molecular weight excluding hydrogens is 226 g/mol. The summed E-state index contributed by atoms with van der Waals surface area (Å²) in [5.74, 6) is 1.18. The number of hydrogen-bond acceptors (Lipinski definition) is 2. The maximum atomic E-state index is 6.21. The molecule has 1 aromatic rings. The Morgan fingerprint density at radius 2 is 2.13 bits per heavy atom. The topological polar surface area (TPSA) is 12.0 Å². The van der Waals surface area contributed by atoms with Crippen LogP contribution in [0.1, 0.15) is 30.9 Å². The Morgan fingerprint density at radius 1 is 1.27 bits per heavy atom. The van der Waals surface area contributed by atoms with Gasteiger partial charge in [-0.05, 0) is 36.6 Å². The lowest BCUT2D eigenvalue weighted by molar-refractivity contribution is 0.507. The van der Waals surface area contributed by atoms with Crippen LogP contribution in [0.25, 0.3) is 0 Å². The maximum Gasteiger partial charge on any atom is 0.0545 e. The van der Waals surface area contributed by atoms with Gasteiger partial charge in [-0.2, -0.15) is 0 Å². The predicted molar refractivity (Wildman–Crippen MR) is 65.7 cm³/mol. The van der Waals surface area contributed by atoms with Gasteiger partial charge in [0.2, 0.25) is 0 Å². The molecule has 1 fully saturated rings. The van der Waals surface area contributed by atoms with E-state index in [1.165, 1.54) is 35.5 Å². The molecule has 1 saturated carbocycles. The molecule has 1 aromatic carbocycles. The van der Waals surface area contributed by atoms with Crippen LogP contribution in [0.15, 0.2) is 23.1 Å². The number of nitrogens with one attached hydrogen (secondary N) is 1. The summed E-state index contributed by atoms with van der Waals surface area (Å²) >= 11 is 8.11. The Balaban J connectivity index is 1.91. The highest BCUT2D eigenvalue weighted by Gasteiger charge is 2.28. The summed E-state index contributed by atoms with van der Waals surface area (Å²) in [6.45, 7) is 0. The van der Waals surface area contributed by atoms with Gasteiger partial charge in [0.05, 0.1) is 5.02 Å². The quantitative estimate of drug-likeness (QED) is 0.846. The molecule has 0 saturated heterocycles. The second-order valence-electron chi connectivity index (χ2n) is 4.29. The average molecular weight is 240 g/mol. The number of hydrogen-bond donors (Lipinski definition) is 1. The van der Waals surface area contributed by atoms with Crippen molar-refractivity contribution in [2.75, 3.05) is 5.75 Å². The van der Waals surface area contributed by atoms with E-state index in [1.807, 2.05) is 17.8 Å². The Hall–Kier alpha value is -0.180. The molecule has 80 valence electrons. The molecule has 0 amide bonds. The van der Waals surface area contributed by atoms with Crippen LogP contribution in [0.5, 0.6) is 0 Å². The van der Waals surface area contributed by atoms with E-state index in [1.54, 1.807) is 0 Å². The molecule has 3 rings (SSSR count). The zero-order valence-corrected chi connectivity index (χ0v) is 10.1. The molecule has 1 heterocycles. The van der Waals surface area contributed by atoms with E-state index in [-0.39, 0.29) is 0 Å². The smallest absolute Gasteiger partial charge is 0.0545 e. The van der Waals surface area contributed by atoms with E-state index in [9.17, 15) is 0 Å². The van der Waals surface area contributed by atoms with Crippen LogP contribution in [0.3, 0.4) is 0 Å². The molecule has 1 aliphatic heterocycles. The zero-order valence-electron chi connectivity index (χ0n) is 8.50. The van der Waals surface area contributed by atoms with Gasteiger partial charge in [-0.1, -0.05) is 23.7 Å². The van der Waals surface area contributed by atoms with Crippen molar-refractivity contribution in [2.24, 2.45) is 0 Å². The van der Waals surface area contributed by atoms with E-state index in [0.717, 1.165) is 11.1 Å². The lowest BCUT2D eigenvalue weighted by atomic mass is 10.0. The molecule has 0 spiro atoms. The van der Waals surface area contributed by atoms with Crippen molar-refractivity contribution < 1.29 is 0 Å². The van der Waals surface area contributed by atoms with Gasteiger partial charge in [0, 0.05) is 17.0 Å². The largest absolute Gasteiger partial charge is 0.307 e. The van der Waals surface area contributed by atoms with Crippen LogP contribution < -0.4 is 5.32 Å². The second kappa shape index (κ2) is 4.00. The van der Waals surface area contributed by atoms with Crippen LogP contribution in [-0.2, 0) is 0 Å². The van der Waals surface area contributed by atoms with Crippen LogP contribution in [0.4, 0.5) is 0 Å². The Morgan fingerprint density at radius 3 is 2.93 bits per heavy atom. The van der Waals surface area contributed by atoms with Crippen molar-refractivity contribution in [3.05, 3.63) is 28.8 Å². The molecule has 2 aliphatic rings. The number of thioether (sulfide) groups is 1. The first-order valence-electron chi connectivity index (χ1n) is 5.52. The van der Waals surface area contributed by atoms with Gasteiger partial charge < -0.3 is 5.32 Å². The normalized spacial score (nSPS) is 25.0. The Bertz CT molecular complexity index is 376. The van der Waals surface area contributed by atoms with Crippen molar-refractivity contribution in [3.63, 3.8) is 0 Å². The lowest BCUT2D eigenvalue weighted by Gasteiger charge is -2.26. The monoisotopic (exact) mass is 239 g/mol. The van der Waals surface area contributed by atoms with Gasteiger partial charge in [0.25, 0.3) is 0 Å². The van der Waals surface area contributed by atoms with Gasteiger partial charge in [-0.3, -0.25) is 0 Å². The molecule has 1 unspecified atom stereocenters. The minimum Gasteiger partial charge on any atom is -0.307 e. The molecule has 0 bridgehead atoms. The first kappa shape index (κ1) is 10.0. The average Bonchev–Trinajstić information content (AvgIpc) is 3.04. The SMILES string of the molecule is Clc1cccc2c1SCCC2NC1CC1. The molecule has 3 heteroatoms. The van der Waals surface area contributed by atoms with Gasteiger partial charge in [-0.15, -0.1) is 11.8 Å². The van der Waals surface area contributed by atoms with Crippen LogP contribution >= 0.6 is 23.4 Å². The fourth-order valence-corrected chi connectivity index (χ4v) is 3.58. The fourth-order valence-electron chi connectivity index (χ4n) is 2.09. The van der Waals surface area contributed by atoms with Crippen LogP contribution in [-0.4, -0.2) is 11.8 Å².